The summed E-state index contributed by atoms with van der Waals surface area (Å²) in [6, 6.07) is 3.74. The fourth-order valence-corrected chi connectivity index (χ4v) is 2.73. The molecule has 0 bridgehead atoms. The summed E-state index contributed by atoms with van der Waals surface area (Å²) in [4.78, 5) is 4.34. The molecule has 18 heavy (non-hydrogen) atoms. The lowest BCUT2D eigenvalue weighted by Crippen LogP contribution is -2.36. The van der Waals surface area contributed by atoms with Crippen molar-refractivity contribution in [3.05, 3.63) is 21.8 Å². The second-order valence-corrected chi connectivity index (χ2v) is 6.48. The Balaban J connectivity index is 1.89. The molecule has 1 fully saturated rings. The molecule has 0 radical (unpaired) electrons. The van der Waals surface area contributed by atoms with Gasteiger partial charge in [0.25, 0.3) is 0 Å². The maximum atomic E-state index is 5.91. The molecule has 0 spiro atoms. The van der Waals surface area contributed by atoms with Crippen LogP contribution in [0.15, 0.2) is 16.7 Å². The molecule has 1 aliphatic rings. The molecular weight excluding hydrogens is 316 g/mol. The van der Waals surface area contributed by atoms with E-state index in [1.54, 1.807) is 0 Å². The summed E-state index contributed by atoms with van der Waals surface area (Å²) in [5.74, 6) is 1.49. The van der Waals surface area contributed by atoms with Gasteiger partial charge >= 0.3 is 0 Å². The van der Waals surface area contributed by atoms with Gasteiger partial charge in [0, 0.05) is 13.2 Å². The zero-order valence-corrected chi connectivity index (χ0v) is 13.0. The lowest BCUT2D eigenvalue weighted by atomic mass is 9.88. The largest absolute Gasteiger partial charge is 0.376 e. The third-order valence-corrected chi connectivity index (χ3v) is 4.31. The van der Waals surface area contributed by atoms with E-state index in [4.69, 9.17) is 16.3 Å². The van der Waals surface area contributed by atoms with Gasteiger partial charge in [0.15, 0.2) is 0 Å². The Kier molecular flexibility index (Phi) is 4.51. The number of nitrogens with one attached hydrogen (secondary N) is 1. The van der Waals surface area contributed by atoms with E-state index in [1.807, 2.05) is 12.1 Å². The van der Waals surface area contributed by atoms with E-state index in [9.17, 15) is 0 Å². The van der Waals surface area contributed by atoms with Gasteiger partial charge in [-0.1, -0.05) is 11.6 Å². The lowest BCUT2D eigenvalue weighted by molar-refractivity contribution is -0.0699. The molecule has 1 atom stereocenters. The van der Waals surface area contributed by atoms with Crippen LogP contribution >= 0.6 is 27.5 Å². The molecule has 2 heterocycles. The number of aromatic nitrogens is 1. The fraction of sp³-hybridized carbons (Fsp3) is 0.615. The van der Waals surface area contributed by atoms with Crippen molar-refractivity contribution >= 4 is 33.3 Å². The van der Waals surface area contributed by atoms with Crippen LogP contribution in [0.1, 0.15) is 26.7 Å². The van der Waals surface area contributed by atoms with Gasteiger partial charge in [-0.3, -0.25) is 0 Å². The Morgan fingerprint density at radius 3 is 3.00 bits per heavy atom. The minimum absolute atomic E-state index is 0.00138. The third-order valence-electron chi connectivity index (χ3n) is 3.17. The second kappa shape index (κ2) is 5.76. The Morgan fingerprint density at radius 2 is 2.33 bits per heavy atom. The summed E-state index contributed by atoms with van der Waals surface area (Å²) in [6.45, 7) is 6.07. The molecule has 0 aromatic carbocycles. The molecule has 3 nitrogen and oxygen atoms in total. The predicted molar refractivity (Wildman–Crippen MR) is 78.2 cm³/mol. The molecule has 1 aliphatic heterocycles. The first-order chi connectivity index (χ1) is 8.46. The average Bonchev–Trinajstić information content (AvgIpc) is 2.29. The number of ether oxygens (including phenoxy) is 1. The third kappa shape index (κ3) is 3.84. The standard InChI is InChI=1S/C13H18BrClN2O/c1-13(2)7-9(5-6-18-13)8-16-11-4-3-10(15)12(14)17-11/h3-4,9H,5-8H2,1-2H3,(H,16,17)/t9-/m1/s1. The lowest BCUT2D eigenvalue weighted by Gasteiger charge is -2.35. The molecule has 100 valence electrons. The zero-order chi connectivity index (χ0) is 13.2. The van der Waals surface area contributed by atoms with E-state index in [-0.39, 0.29) is 5.60 Å². The average molecular weight is 334 g/mol. The molecule has 0 saturated carbocycles. The smallest absolute Gasteiger partial charge is 0.127 e. The van der Waals surface area contributed by atoms with Crippen molar-refractivity contribution in [2.75, 3.05) is 18.5 Å². The highest BCUT2D eigenvalue weighted by Crippen LogP contribution is 2.29. The normalized spacial score (nSPS) is 22.8. The van der Waals surface area contributed by atoms with Crippen LogP contribution in [0, 0.1) is 5.92 Å². The molecule has 2 rings (SSSR count). The molecule has 1 aromatic rings. The SMILES string of the molecule is CC1(C)C[C@H](CNc2ccc(Cl)c(Br)n2)CCO1. The van der Waals surface area contributed by atoms with E-state index < -0.39 is 0 Å². The minimum atomic E-state index is -0.00138. The van der Waals surface area contributed by atoms with Gasteiger partial charge < -0.3 is 10.1 Å². The predicted octanol–water partition coefficient (Wildman–Crippen LogP) is 4.11. The van der Waals surface area contributed by atoms with Crippen molar-refractivity contribution in [2.45, 2.75) is 32.3 Å². The van der Waals surface area contributed by atoms with Crippen molar-refractivity contribution in [1.82, 2.24) is 4.98 Å². The first-order valence-corrected chi connectivity index (χ1v) is 7.33. The molecule has 1 N–H and O–H groups in total. The Bertz CT molecular complexity index is 425. The van der Waals surface area contributed by atoms with E-state index in [0.29, 0.717) is 15.5 Å². The van der Waals surface area contributed by atoms with Crippen LogP contribution in [0.5, 0.6) is 0 Å². The van der Waals surface area contributed by atoms with Gasteiger partial charge in [-0.15, -0.1) is 0 Å². The van der Waals surface area contributed by atoms with Crippen LogP contribution < -0.4 is 5.32 Å². The highest BCUT2D eigenvalue weighted by molar-refractivity contribution is 9.10. The van der Waals surface area contributed by atoms with Gasteiger partial charge in [0.1, 0.15) is 10.4 Å². The van der Waals surface area contributed by atoms with Crippen molar-refractivity contribution in [1.29, 1.82) is 0 Å². The van der Waals surface area contributed by atoms with Gasteiger partial charge in [-0.05, 0) is 60.7 Å². The van der Waals surface area contributed by atoms with E-state index in [1.165, 1.54) is 0 Å². The Hall–Kier alpha value is -0.320. The fourth-order valence-electron chi connectivity index (χ4n) is 2.30. The summed E-state index contributed by atoms with van der Waals surface area (Å²) in [7, 11) is 0. The number of nitrogens with zero attached hydrogens (tertiary/aromatic N) is 1. The number of hydrogen-bond donors (Lipinski definition) is 1. The number of anilines is 1. The zero-order valence-electron chi connectivity index (χ0n) is 10.7. The van der Waals surface area contributed by atoms with Crippen LogP contribution in [0.25, 0.3) is 0 Å². The van der Waals surface area contributed by atoms with E-state index in [2.05, 4.69) is 40.1 Å². The number of rotatable bonds is 3. The van der Waals surface area contributed by atoms with Gasteiger partial charge in [0.05, 0.1) is 10.6 Å². The maximum Gasteiger partial charge on any atom is 0.127 e. The highest BCUT2D eigenvalue weighted by Gasteiger charge is 2.28. The first kappa shape index (κ1) is 14.1. The summed E-state index contributed by atoms with van der Waals surface area (Å²) in [5.41, 5.74) is -0.00138. The van der Waals surface area contributed by atoms with E-state index >= 15 is 0 Å². The van der Waals surface area contributed by atoms with Crippen LogP contribution in [-0.4, -0.2) is 23.7 Å². The van der Waals surface area contributed by atoms with Crippen molar-refractivity contribution in [2.24, 2.45) is 5.92 Å². The van der Waals surface area contributed by atoms with Gasteiger partial charge in [0.2, 0.25) is 0 Å². The highest BCUT2D eigenvalue weighted by atomic mass is 79.9. The topological polar surface area (TPSA) is 34.2 Å². The Labute approximate surface area is 121 Å². The van der Waals surface area contributed by atoms with E-state index in [0.717, 1.165) is 31.8 Å². The first-order valence-electron chi connectivity index (χ1n) is 6.16. The molecule has 0 unspecified atom stereocenters. The van der Waals surface area contributed by atoms with Crippen molar-refractivity contribution in [3.63, 3.8) is 0 Å². The van der Waals surface area contributed by atoms with Gasteiger partial charge in [-0.25, -0.2) is 4.98 Å². The Morgan fingerprint density at radius 1 is 1.56 bits per heavy atom. The summed E-state index contributed by atoms with van der Waals surface area (Å²) >= 11 is 9.24. The van der Waals surface area contributed by atoms with Crippen molar-refractivity contribution in [3.8, 4) is 0 Å². The number of halogens is 2. The van der Waals surface area contributed by atoms with Crippen LogP contribution in [0.2, 0.25) is 5.02 Å². The molecule has 5 heteroatoms. The second-order valence-electron chi connectivity index (χ2n) is 5.32. The van der Waals surface area contributed by atoms with Crippen molar-refractivity contribution < 1.29 is 4.74 Å². The maximum absolute atomic E-state index is 5.91. The van der Waals surface area contributed by atoms with Crippen LogP contribution in [-0.2, 0) is 4.74 Å². The molecule has 1 saturated heterocycles. The molecule has 0 amide bonds. The summed E-state index contributed by atoms with van der Waals surface area (Å²) in [6.07, 6.45) is 2.18. The van der Waals surface area contributed by atoms with Crippen LogP contribution in [0.3, 0.4) is 0 Å². The van der Waals surface area contributed by atoms with Crippen LogP contribution in [0.4, 0.5) is 5.82 Å². The monoisotopic (exact) mass is 332 g/mol. The molecular formula is C13H18BrClN2O. The molecule has 1 aromatic heterocycles. The summed E-state index contributed by atoms with van der Waals surface area (Å²) in [5, 5.41) is 4.00. The molecule has 0 aliphatic carbocycles. The number of hydrogen-bond acceptors (Lipinski definition) is 3. The number of pyridine rings is 1. The minimum Gasteiger partial charge on any atom is -0.376 e. The quantitative estimate of drug-likeness (QED) is 0.845. The van der Waals surface area contributed by atoms with Gasteiger partial charge in [-0.2, -0.15) is 0 Å². The summed E-state index contributed by atoms with van der Waals surface area (Å²) < 4.78 is 6.40.